The lowest BCUT2D eigenvalue weighted by Gasteiger charge is -2.30. The quantitative estimate of drug-likeness (QED) is 0.468. The SMILES string of the molecule is BrC1=C[C@]2(Br)[C@@H]3[C@H]4C[C@@H]([C@H](Br)[C@H]4[C@H]2Br)[C@H]13. The average molecular weight is 462 g/mol. The molecule has 0 amide bonds. The fourth-order valence-electron chi connectivity index (χ4n) is 4.71. The molecular weight excluding hydrogens is 452 g/mol. The van der Waals surface area contributed by atoms with Gasteiger partial charge in [-0.25, -0.2) is 0 Å². The van der Waals surface area contributed by atoms with Gasteiger partial charge in [0.2, 0.25) is 0 Å². The molecule has 8 atom stereocenters. The zero-order chi connectivity index (χ0) is 10.5. The second kappa shape index (κ2) is 2.97. The fraction of sp³-hybridized carbons (Fsp3) is 0.818. The van der Waals surface area contributed by atoms with Gasteiger partial charge in [-0.05, 0) is 40.5 Å². The maximum absolute atomic E-state index is 4.02. The van der Waals surface area contributed by atoms with Crippen LogP contribution in [0.5, 0.6) is 0 Å². The molecule has 0 N–H and O–H groups in total. The topological polar surface area (TPSA) is 0 Å². The molecule has 82 valence electrons. The molecule has 3 fully saturated rings. The summed E-state index contributed by atoms with van der Waals surface area (Å²) in [5.74, 6) is 4.21. The van der Waals surface area contributed by atoms with Crippen molar-refractivity contribution >= 4 is 63.7 Å². The Bertz CT molecular complexity index is 379. The van der Waals surface area contributed by atoms with Gasteiger partial charge in [0.15, 0.2) is 0 Å². The number of halogens is 4. The molecule has 0 aliphatic heterocycles. The molecule has 4 rings (SSSR count). The lowest BCUT2D eigenvalue weighted by molar-refractivity contribution is 0.286. The van der Waals surface area contributed by atoms with Crippen LogP contribution < -0.4 is 0 Å². The van der Waals surface area contributed by atoms with E-state index in [2.05, 4.69) is 69.8 Å². The number of hydrogen-bond acceptors (Lipinski definition) is 0. The van der Waals surface area contributed by atoms with Gasteiger partial charge in [0.05, 0.1) is 4.32 Å². The first-order valence-electron chi connectivity index (χ1n) is 5.41. The van der Waals surface area contributed by atoms with Crippen molar-refractivity contribution in [2.75, 3.05) is 0 Å². The van der Waals surface area contributed by atoms with Crippen LogP contribution in [0, 0.1) is 29.6 Å². The van der Waals surface area contributed by atoms with Crippen LogP contribution in [0.15, 0.2) is 10.6 Å². The second-order valence-corrected chi connectivity index (χ2v) is 9.73. The minimum absolute atomic E-state index is 0.225. The van der Waals surface area contributed by atoms with E-state index >= 15 is 0 Å². The van der Waals surface area contributed by atoms with E-state index in [0.29, 0.717) is 9.65 Å². The summed E-state index contributed by atoms with van der Waals surface area (Å²) in [6, 6.07) is 0. The van der Waals surface area contributed by atoms with Gasteiger partial charge in [-0.1, -0.05) is 69.8 Å². The lowest BCUT2D eigenvalue weighted by Crippen LogP contribution is -2.30. The highest BCUT2D eigenvalue weighted by molar-refractivity contribution is 9.13. The smallest absolute Gasteiger partial charge is 0.0612 e. The molecule has 0 aromatic carbocycles. The molecule has 0 aromatic rings. The molecule has 2 bridgehead atoms. The Labute approximate surface area is 123 Å². The van der Waals surface area contributed by atoms with Crippen LogP contribution in [0.4, 0.5) is 0 Å². The van der Waals surface area contributed by atoms with Crippen molar-refractivity contribution in [2.24, 2.45) is 29.6 Å². The Kier molecular flexibility index (Phi) is 2.09. The van der Waals surface area contributed by atoms with Crippen LogP contribution in [0.2, 0.25) is 0 Å². The highest BCUT2D eigenvalue weighted by Crippen LogP contribution is 2.75. The van der Waals surface area contributed by atoms with Crippen molar-refractivity contribution in [1.29, 1.82) is 0 Å². The summed E-state index contributed by atoms with van der Waals surface area (Å²) in [6.07, 6.45) is 3.86. The van der Waals surface area contributed by atoms with Crippen molar-refractivity contribution < 1.29 is 0 Å². The van der Waals surface area contributed by atoms with Crippen molar-refractivity contribution in [1.82, 2.24) is 0 Å². The van der Waals surface area contributed by atoms with E-state index < -0.39 is 0 Å². The first-order chi connectivity index (χ1) is 7.05. The zero-order valence-electron chi connectivity index (χ0n) is 7.84. The number of fused-ring (bicyclic) bond motifs is 2. The largest absolute Gasteiger partial charge is 0.0884 e. The summed E-state index contributed by atoms with van der Waals surface area (Å²) in [6.45, 7) is 0. The van der Waals surface area contributed by atoms with Crippen LogP contribution in [0.1, 0.15) is 6.42 Å². The standard InChI is InChI=1S/C11H10Br4/c12-5-2-11(15)8-3-1-4(6(5)8)9(13)7(3)10(11)14/h2-4,6-10H,1H2/t3-,4+,6+,7-,8+,9-,10+,11-/m0/s1. The maximum Gasteiger partial charge on any atom is 0.0612 e. The maximum atomic E-state index is 4.02. The molecule has 15 heavy (non-hydrogen) atoms. The van der Waals surface area contributed by atoms with Gasteiger partial charge in [0.1, 0.15) is 0 Å². The normalized spacial score (nSPS) is 69.1. The molecule has 0 spiro atoms. The summed E-state index contributed by atoms with van der Waals surface area (Å²) in [4.78, 5) is 1.31. The van der Waals surface area contributed by atoms with Gasteiger partial charge in [-0.2, -0.15) is 0 Å². The minimum atomic E-state index is 0.225. The number of alkyl halides is 3. The number of allylic oxidation sites excluding steroid dienone is 2. The van der Waals surface area contributed by atoms with Gasteiger partial charge in [-0.3, -0.25) is 0 Å². The molecular formula is C11H10Br4. The zero-order valence-corrected chi connectivity index (χ0v) is 14.2. The average Bonchev–Trinajstić information content (AvgIpc) is 2.79. The van der Waals surface area contributed by atoms with E-state index in [0.717, 1.165) is 29.6 Å². The first-order valence-corrected chi connectivity index (χ1v) is 8.82. The minimum Gasteiger partial charge on any atom is -0.0884 e. The molecule has 0 unspecified atom stereocenters. The van der Waals surface area contributed by atoms with Crippen molar-refractivity contribution in [2.45, 2.75) is 20.4 Å². The highest BCUT2D eigenvalue weighted by Gasteiger charge is 2.73. The predicted molar refractivity (Wildman–Crippen MR) is 76.2 cm³/mol. The van der Waals surface area contributed by atoms with Crippen molar-refractivity contribution in [3.05, 3.63) is 10.6 Å². The molecule has 4 aliphatic rings. The molecule has 4 aliphatic carbocycles. The van der Waals surface area contributed by atoms with Crippen LogP contribution >= 0.6 is 63.7 Å². The van der Waals surface area contributed by atoms with E-state index in [1.807, 2.05) is 0 Å². The van der Waals surface area contributed by atoms with Gasteiger partial charge < -0.3 is 0 Å². The molecule has 4 heteroatoms. The molecule has 0 aromatic heterocycles. The molecule has 0 saturated heterocycles. The van der Waals surface area contributed by atoms with Crippen molar-refractivity contribution in [3.63, 3.8) is 0 Å². The van der Waals surface area contributed by atoms with E-state index in [1.165, 1.54) is 10.9 Å². The van der Waals surface area contributed by atoms with E-state index in [4.69, 9.17) is 0 Å². The summed E-state index contributed by atoms with van der Waals surface area (Å²) < 4.78 is 1.67. The van der Waals surface area contributed by atoms with Crippen LogP contribution in [0.3, 0.4) is 0 Å². The summed E-state index contributed by atoms with van der Waals surface area (Å²) >= 11 is 15.7. The van der Waals surface area contributed by atoms with Crippen LogP contribution in [-0.2, 0) is 0 Å². The number of rotatable bonds is 0. The summed E-state index contributed by atoms with van der Waals surface area (Å²) in [5, 5.41) is 0. The predicted octanol–water partition coefficient (Wildman–Crippen LogP) is 4.45. The lowest BCUT2D eigenvalue weighted by atomic mass is 9.81. The third-order valence-electron chi connectivity index (χ3n) is 5.07. The second-order valence-electron chi connectivity index (χ2n) is 5.40. The van der Waals surface area contributed by atoms with Gasteiger partial charge >= 0.3 is 0 Å². The molecule has 3 saturated carbocycles. The Hall–Kier alpha value is 1.66. The Morgan fingerprint density at radius 3 is 2.73 bits per heavy atom. The monoisotopic (exact) mass is 458 g/mol. The summed E-state index contributed by atoms with van der Waals surface area (Å²) in [7, 11) is 0. The first kappa shape index (κ1) is 10.6. The van der Waals surface area contributed by atoms with Gasteiger partial charge in [0, 0.05) is 9.65 Å². The van der Waals surface area contributed by atoms with Crippen LogP contribution in [-0.4, -0.2) is 14.0 Å². The van der Waals surface area contributed by atoms with E-state index in [1.54, 1.807) is 0 Å². The Balaban J connectivity index is 1.96. The third-order valence-corrected chi connectivity index (χ3v) is 10.4. The van der Waals surface area contributed by atoms with Gasteiger partial charge in [-0.15, -0.1) is 0 Å². The molecule has 0 heterocycles. The highest BCUT2D eigenvalue weighted by atomic mass is 79.9. The Morgan fingerprint density at radius 1 is 1.27 bits per heavy atom. The van der Waals surface area contributed by atoms with Gasteiger partial charge in [0.25, 0.3) is 0 Å². The molecule has 0 radical (unpaired) electrons. The Morgan fingerprint density at radius 2 is 2.00 bits per heavy atom. The van der Waals surface area contributed by atoms with Crippen molar-refractivity contribution in [3.8, 4) is 0 Å². The molecule has 0 nitrogen and oxygen atoms in total. The van der Waals surface area contributed by atoms with E-state index in [9.17, 15) is 0 Å². The van der Waals surface area contributed by atoms with Crippen LogP contribution in [0.25, 0.3) is 0 Å². The summed E-state index contributed by atoms with van der Waals surface area (Å²) in [5.41, 5.74) is 0. The number of hydrogen-bond donors (Lipinski definition) is 0. The third kappa shape index (κ3) is 0.978. The van der Waals surface area contributed by atoms with E-state index in [-0.39, 0.29) is 4.32 Å². The fourth-order valence-corrected chi connectivity index (χ4v) is 10.0.